The molecule has 0 saturated carbocycles. The van der Waals surface area contributed by atoms with Gasteiger partial charge in [0.05, 0.1) is 6.04 Å². The van der Waals surface area contributed by atoms with Crippen LogP contribution in [0.2, 0.25) is 0 Å². The first-order valence-corrected chi connectivity index (χ1v) is 7.11. The lowest BCUT2D eigenvalue weighted by molar-refractivity contribution is 0.0926. The number of tetrazole rings is 1. The largest absolute Gasteiger partial charge is 0.340 e. The van der Waals surface area contributed by atoms with Crippen molar-refractivity contribution >= 4 is 5.91 Å². The van der Waals surface area contributed by atoms with Crippen molar-refractivity contribution in [3.05, 3.63) is 23.3 Å². The zero-order valence-electron chi connectivity index (χ0n) is 12.8. The van der Waals surface area contributed by atoms with Crippen LogP contribution in [0.4, 0.5) is 0 Å². The molecule has 0 spiro atoms. The van der Waals surface area contributed by atoms with E-state index in [0.29, 0.717) is 17.4 Å². The maximum absolute atomic E-state index is 12.3. The Morgan fingerprint density at radius 1 is 1.48 bits per heavy atom. The first-order valence-electron chi connectivity index (χ1n) is 7.11. The summed E-state index contributed by atoms with van der Waals surface area (Å²) in [5.74, 6) is 0.582. The molecular formula is C13H21N7O. The highest BCUT2D eigenvalue weighted by Crippen LogP contribution is 2.17. The van der Waals surface area contributed by atoms with Crippen LogP contribution < -0.4 is 5.32 Å². The standard InChI is InChI=1S/C13H21N7O/c1-5-6-9(12-15-18-19-16-12)14-13(21)10-7-11(8(2)3)20(4)17-10/h7-9H,5-6H2,1-4H3,(H,14,21)(H,15,16,18,19). The number of carbonyl (C=O) groups is 1. The van der Waals surface area contributed by atoms with Crippen LogP contribution in [0, 0.1) is 0 Å². The first-order chi connectivity index (χ1) is 10.0. The van der Waals surface area contributed by atoms with E-state index in [1.807, 2.05) is 20.0 Å². The minimum Gasteiger partial charge on any atom is -0.340 e. The van der Waals surface area contributed by atoms with Gasteiger partial charge in [-0.15, -0.1) is 10.2 Å². The lowest BCUT2D eigenvalue weighted by Crippen LogP contribution is -2.29. The van der Waals surface area contributed by atoms with Crippen molar-refractivity contribution in [2.45, 2.75) is 45.6 Å². The number of aromatic nitrogens is 6. The van der Waals surface area contributed by atoms with Crippen LogP contribution in [0.25, 0.3) is 0 Å². The van der Waals surface area contributed by atoms with Crippen LogP contribution in [-0.4, -0.2) is 36.3 Å². The number of nitrogens with zero attached hydrogens (tertiary/aromatic N) is 5. The van der Waals surface area contributed by atoms with E-state index in [1.165, 1.54) is 0 Å². The van der Waals surface area contributed by atoms with Crippen molar-refractivity contribution in [1.29, 1.82) is 0 Å². The number of H-pyrrole nitrogens is 1. The van der Waals surface area contributed by atoms with Gasteiger partial charge in [-0.1, -0.05) is 32.4 Å². The summed E-state index contributed by atoms with van der Waals surface area (Å²) in [7, 11) is 1.84. The van der Waals surface area contributed by atoms with Gasteiger partial charge >= 0.3 is 0 Å². The molecule has 2 aromatic rings. The Labute approximate surface area is 123 Å². The molecule has 1 unspecified atom stereocenters. The molecule has 21 heavy (non-hydrogen) atoms. The van der Waals surface area contributed by atoms with Crippen molar-refractivity contribution in [2.75, 3.05) is 0 Å². The third-order valence-electron chi connectivity index (χ3n) is 3.30. The zero-order chi connectivity index (χ0) is 15.4. The van der Waals surface area contributed by atoms with E-state index in [2.05, 4.69) is 44.9 Å². The summed E-state index contributed by atoms with van der Waals surface area (Å²) in [6, 6.07) is 1.56. The van der Waals surface area contributed by atoms with Crippen molar-refractivity contribution in [3.63, 3.8) is 0 Å². The van der Waals surface area contributed by atoms with Gasteiger partial charge in [0, 0.05) is 12.7 Å². The lowest BCUT2D eigenvalue weighted by Gasteiger charge is -2.13. The number of hydrogen-bond donors (Lipinski definition) is 2. The van der Waals surface area contributed by atoms with E-state index in [-0.39, 0.29) is 11.9 Å². The van der Waals surface area contributed by atoms with Gasteiger partial charge in [0.15, 0.2) is 5.82 Å². The second-order valence-electron chi connectivity index (χ2n) is 5.32. The van der Waals surface area contributed by atoms with Gasteiger partial charge in [-0.25, -0.2) is 0 Å². The molecule has 2 rings (SSSR count). The summed E-state index contributed by atoms with van der Waals surface area (Å²) in [5, 5.41) is 21.0. The summed E-state index contributed by atoms with van der Waals surface area (Å²) >= 11 is 0. The SMILES string of the molecule is CCCC(NC(=O)c1cc(C(C)C)n(C)n1)c1nn[nH]n1. The Bertz CT molecular complexity index is 588. The summed E-state index contributed by atoms with van der Waals surface area (Å²) in [5.41, 5.74) is 1.43. The van der Waals surface area contributed by atoms with E-state index < -0.39 is 0 Å². The number of aromatic amines is 1. The zero-order valence-corrected chi connectivity index (χ0v) is 12.8. The van der Waals surface area contributed by atoms with E-state index in [9.17, 15) is 4.79 Å². The normalized spacial score (nSPS) is 12.6. The lowest BCUT2D eigenvalue weighted by atomic mass is 10.1. The maximum Gasteiger partial charge on any atom is 0.272 e. The van der Waals surface area contributed by atoms with Gasteiger partial charge in [0.1, 0.15) is 5.69 Å². The quantitative estimate of drug-likeness (QED) is 0.836. The van der Waals surface area contributed by atoms with Crippen molar-refractivity contribution in [1.82, 2.24) is 35.7 Å². The Balaban J connectivity index is 2.14. The molecule has 8 nitrogen and oxygen atoms in total. The molecule has 0 fully saturated rings. The number of aryl methyl sites for hydroxylation is 1. The van der Waals surface area contributed by atoms with Gasteiger partial charge in [0.25, 0.3) is 5.91 Å². The predicted molar refractivity (Wildman–Crippen MR) is 76.6 cm³/mol. The number of rotatable bonds is 6. The van der Waals surface area contributed by atoms with Crippen LogP contribution in [-0.2, 0) is 7.05 Å². The van der Waals surface area contributed by atoms with Gasteiger partial charge < -0.3 is 5.32 Å². The molecule has 0 aliphatic carbocycles. The molecule has 0 bridgehead atoms. The molecule has 0 saturated heterocycles. The third-order valence-corrected chi connectivity index (χ3v) is 3.30. The van der Waals surface area contributed by atoms with Crippen molar-refractivity contribution < 1.29 is 4.79 Å². The van der Waals surface area contributed by atoms with Crippen molar-refractivity contribution in [3.8, 4) is 0 Å². The van der Waals surface area contributed by atoms with Crippen LogP contribution in [0.3, 0.4) is 0 Å². The summed E-state index contributed by atoms with van der Waals surface area (Å²) in [6.45, 7) is 6.17. The molecule has 2 aromatic heterocycles. The average Bonchev–Trinajstić information content (AvgIpc) is 3.07. The Kier molecular flexibility index (Phi) is 4.66. The Morgan fingerprint density at radius 2 is 2.24 bits per heavy atom. The monoisotopic (exact) mass is 291 g/mol. The molecule has 0 aliphatic heterocycles. The number of amides is 1. The molecule has 0 aliphatic rings. The molecule has 2 N–H and O–H groups in total. The van der Waals surface area contributed by atoms with Crippen LogP contribution in [0.5, 0.6) is 0 Å². The van der Waals surface area contributed by atoms with Gasteiger partial charge in [0.2, 0.25) is 0 Å². The van der Waals surface area contributed by atoms with E-state index >= 15 is 0 Å². The van der Waals surface area contributed by atoms with Crippen molar-refractivity contribution in [2.24, 2.45) is 7.05 Å². The second kappa shape index (κ2) is 6.47. The molecular weight excluding hydrogens is 270 g/mol. The smallest absolute Gasteiger partial charge is 0.272 e. The van der Waals surface area contributed by atoms with Gasteiger partial charge in [-0.2, -0.15) is 10.3 Å². The highest BCUT2D eigenvalue weighted by Gasteiger charge is 2.21. The molecule has 1 amide bonds. The fourth-order valence-corrected chi connectivity index (χ4v) is 2.24. The topological polar surface area (TPSA) is 101 Å². The molecule has 8 heteroatoms. The Morgan fingerprint density at radius 3 is 2.76 bits per heavy atom. The molecule has 114 valence electrons. The minimum atomic E-state index is -0.259. The van der Waals surface area contributed by atoms with Gasteiger partial charge in [-0.05, 0) is 18.4 Å². The summed E-state index contributed by atoms with van der Waals surface area (Å²) < 4.78 is 1.74. The van der Waals surface area contributed by atoms with Gasteiger partial charge in [-0.3, -0.25) is 9.48 Å². The maximum atomic E-state index is 12.3. The molecule has 2 heterocycles. The molecule has 0 aromatic carbocycles. The predicted octanol–water partition coefficient (Wildman–Crippen LogP) is 1.33. The number of nitrogens with one attached hydrogen (secondary N) is 2. The average molecular weight is 291 g/mol. The molecule has 1 atom stereocenters. The highest BCUT2D eigenvalue weighted by molar-refractivity contribution is 5.92. The first kappa shape index (κ1) is 15.1. The summed E-state index contributed by atoms with van der Waals surface area (Å²) in [4.78, 5) is 12.3. The van der Waals surface area contributed by atoms with Crippen LogP contribution >= 0.6 is 0 Å². The van der Waals surface area contributed by atoms with Crippen LogP contribution in [0.15, 0.2) is 6.07 Å². The van der Waals surface area contributed by atoms with E-state index in [1.54, 1.807) is 4.68 Å². The fraction of sp³-hybridized carbons (Fsp3) is 0.615. The van der Waals surface area contributed by atoms with E-state index in [0.717, 1.165) is 18.5 Å². The summed E-state index contributed by atoms with van der Waals surface area (Å²) in [6.07, 6.45) is 1.65. The fourth-order valence-electron chi connectivity index (χ4n) is 2.24. The minimum absolute atomic E-state index is 0.222. The van der Waals surface area contributed by atoms with E-state index in [4.69, 9.17) is 0 Å². The molecule has 0 radical (unpaired) electrons. The Hall–Kier alpha value is -2.25. The van der Waals surface area contributed by atoms with Crippen LogP contribution in [0.1, 0.15) is 67.6 Å². The second-order valence-corrected chi connectivity index (χ2v) is 5.32. The number of hydrogen-bond acceptors (Lipinski definition) is 5. The number of carbonyl (C=O) groups excluding carboxylic acids is 1. The third kappa shape index (κ3) is 3.45. The highest BCUT2D eigenvalue weighted by atomic mass is 16.2.